The molecule has 0 radical (unpaired) electrons. The molecule has 0 N–H and O–H groups in total. The van der Waals surface area contributed by atoms with Crippen LogP contribution in [0.4, 0.5) is 15.9 Å². The molecule has 0 spiro atoms. The number of carbonyl (C=O) groups is 2. The molecule has 7 heteroatoms. The van der Waals surface area contributed by atoms with E-state index < -0.39 is 17.7 Å². The fourth-order valence-corrected chi connectivity index (χ4v) is 3.61. The molecule has 0 saturated carbocycles. The summed E-state index contributed by atoms with van der Waals surface area (Å²) in [6, 6.07) is 8.90. The maximum Gasteiger partial charge on any atom is 0.239 e. The molecule has 2 atom stereocenters. The maximum atomic E-state index is 14.5. The molecule has 2 fully saturated rings. The Morgan fingerprint density at radius 3 is 2.32 bits per heavy atom. The van der Waals surface area contributed by atoms with Crippen LogP contribution < -0.4 is 9.80 Å². The molecular weight excluding hydrogens is 323 g/mol. The van der Waals surface area contributed by atoms with Crippen molar-refractivity contribution in [1.29, 1.82) is 0 Å². The summed E-state index contributed by atoms with van der Waals surface area (Å²) in [7, 11) is 0. The van der Waals surface area contributed by atoms with Crippen molar-refractivity contribution in [3.63, 3.8) is 0 Å². The van der Waals surface area contributed by atoms with Crippen molar-refractivity contribution in [2.24, 2.45) is 11.8 Å². The van der Waals surface area contributed by atoms with Gasteiger partial charge < -0.3 is 4.90 Å². The lowest BCUT2D eigenvalue weighted by Crippen LogP contribution is -2.36. The lowest BCUT2D eigenvalue weighted by Gasteiger charge is -2.22. The number of imide groups is 1. The van der Waals surface area contributed by atoms with Gasteiger partial charge in [0.15, 0.2) is 11.6 Å². The van der Waals surface area contributed by atoms with E-state index in [9.17, 15) is 14.0 Å². The summed E-state index contributed by atoms with van der Waals surface area (Å²) in [6.45, 7) is 2.39. The van der Waals surface area contributed by atoms with E-state index in [0.29, 0.717) is 17.8 Å². The molecule has 1 aromatic heterocycles. The molecule has 2 unspecified atom stereocenters. The molecular formula is C18H17FN4O2. The lowest BCUT2D eigenvalue weighted by atomic mass is 10.00. The van der Waals surface area contributed by atoms with Gasteiger partial charge in [0.05, 0.1) is 23.2 Å². The minimum atomic E-state index is -0.468. The van der Waals surface area contributed by atoms with Crippen molar-refractivity contribution in [3.8, 4) is 0 Å². The molecule has 6 nitrogen and oxygen atoms in total. The zero-order valence-electron chi connectivity index (χ0n) is 13.7. The van der Waals surface area contributed by atoms with E-state index in [4.69, 9.17) is 0 Å². The topological polar surface area (TPSA) is 66.4 Å². The predicted molar refractivity (Wildman–Crippen MR) is 89.5 cm³/mol. The van der Waals surface area contributed by atoms with Gasteiger partial charge in [-0.3, -0.25) is 9.59 Å². The third kappa shape index (κ3) is 2.38. The summed E-state index contributed by atoms with van der Waals surface area (Å²) >= 11 is 0. The molecule has 2 aromatic rings. The molecule has 128 valence electrons. The summed E-state index contributed by atoms with van der Waals surface area (Å²) in [5.74, 6) is -1.68. The fourth-order valence-electron chi connectivity index (χ4n) is 3.61. The monoisotopic (exact) mass is 340 g/mol. The molecule has 4 rings (SSSR count). The Balaban J connectivity index is 1.61. The Morgan fingerprint density at radius 1 is 1.08 bits per heavy atom. The number of aromatic nitrogens is 2. The van der Waals surface area contributed by atoms with Gasteiger partial charge in [0, 0.05) is 13.1 Å². The summed E-state index contributed by atoms with van der Waals surface area (Å²) in [4.78, 5) is 36.4. The Morgan fingerprint density at radius 2 is 1.72 bits per heavy atom. The van der Waals surface area contributed by atoms with Gasteiger partial charge >= 0.3 is 0 Å². The summed E-state index contributed by atoms with van der Waals surface area (Å²) in [5.41, 5.74) is 0.922. The first-order valence-corrected chi connectivity index (χ1v) is 8.29. The van der Waals surface area contributed by atoms with Gasteiger partial charge in [-0.05, 0) is 18.6 Å². The third-order valence-electron chi connectivity index (χ3n) is 4.89. The van der Waals surface area contributed by atoms with Crippen LogP contribution in [-0.4, -0.2) is 34.9 Å². The SMILES string of the molecule is CCc1ncnc(N2CC3C(=O)N(c4ccccc4)C(=O)C3C2)c1F. The molecule has 2 aliphatic heterocycles. The van der Waals surface area contributed by atoms with Crippen LogP contribution in [0, 0.1) is 17.7 Å². The van der Waals surface area contributed by atoms with E-state index in [1.807, 2.05) is 13.0 Å². The highest BCUT2D eigenvalue weighted by atomic mass is 19.1. The van der Waals surface area contributed by atoms with Crippen LogP contribution in [0.3, 0.4) is 0 Å². The minimum Gasteiger partial charge on any atom is -0.352 e. The molecule has 2 saturated heterocycles. The molecule has 1 aromatic carbocycles. The number of hydrogen-bond acceptors (Lipinski definition) is 5. The van der Waals surface area contributed by atoms with Gasteiger partial charge in [-0.15, -0.1) is 0 Å². The highest BCUT2D eigenvalue weighted by Gasteiger charge is 2.53. The van der Waals surface area contributed by atoms with Crippen LogP contribution in [0.5, 0.6) is 0 Å². The van der Waals surface area contributed by atoms with Crippen LogP contribution in [0.25, 0.3) is 0 Å². The number of rotatable bonds is 3. The van der Waals surface area contributed by atoms with Crippen LogP contribution in [-0.2, 0) is 16.0 Å². The third-order valence-corrected chi connectivity index (χ3v) is 4.89. The summed E-state index contributed by atoms with van der Waals surface area (Å²) < 4.78 is 14.5. The van der Waals surface area contributed by atoms with Crippen molar-refractivity contribution in [2.45, 2.75) is 13.3 Å². The smallest absolute Gasteiger partial charge is 0.239 e. The van der Waals surface area contributed by atoms with Crippen molar-refractivity contribution in [2.75, 3.05) is 22.9 Å². The van der Waals surface area contributed by atoms with Gasteiger partial charge in [0.25, 0.3) is 0 Å². The number of benzene rings is 1. The number of halogens is 1. The number of aryl methyl sites for hydroxylation is 1. The van der Waals surface area contributed by atoms with E-state index >= 15 is 0 Å². The fraction of sp³-hybridized carbons (Fsp3) is 0.333. The number of anilines is 2. The number of nitrogens with zero attached hydrogens (tertiary/aromatic N) is 4. The first-order valence-electron chi connectivity index (χ1n) is 8.29. The van der Waals surface area contributed by atoms with Crippen molar-refractivity contribution < 1.29 is 14.0 Å². The molecule has 25 heavy (non-hydrogen) atoms. The standard InChI is InChI=1S/C18H17FN4O2/c1-2-14-15(19)16(21-10-20-14)22-8-12-13(9-22)18(25)23(17(12)24)11-6-4-3-5-7-11/h3-7,10,12-13H,2,8-9H2,1H3. The quantitative estimate of drug-likeness (QED) is 0.797. The Kier molecular flexibility index (Phi) is 3.71. The molecule has 2 aliphatic rings. The van der Waals surface area contributed by atoms with Gasteiger partial charge in [0.2, 0.25) is 11.8 Å². The van der Waals surface area contributed by atoms with Crippen LogP contribution in [0.2, 0.25) is 0 Å². The van der Waals surface area contributed by atoms with E-state index in [0.717, 1.165) is 0 Å². The second-order valence-electron chi connectivity index (χ2n) is 6.28. The average Bonchev–Trinajstić information content (AvgIpc) is 3.16. The van der Waals surface area contributed by atoms with Crippen LogP contribution in [0.1, 0.15) is 12.6 Å². The number of carbonyl (C=O) groups excluding carboxylic acids is 2. The second-order valence-corrected chi connectivity index (χ2v) is 6.28. The molecule has 3 heterocycles. The van der Waals surface area contributed by atoms with Crippen LogP contribution in [0.15, 0.2) is 36.7 Å². The predicted octanol–water partition coefficient (Wildman–Crippen LogP) is 1.80. The zero-order valence-corrected chi connectivity index (χ0v) is 13.7. The molecule has 0 aliphatic carbocycles. The van der Waals surface area contributed by atoms with Crippen molar-refractivity contribution >= 4 is 23.3 Å². The first kappa shape index (κ1) is 15.7. The van der Waals surface area contributed by atoms with Gasteiger partial charge in [-0.25, -0.2) is 19.3 Å². The number of para-hydroxylation sites is 1. The number of amides is 2. The van der Waals surface area contributed by atoms with E-state index in [1.54, 1.807) is 29.2 Å². The Hall–Kier alpha value is -2.83. The summed E-state index contributed by atoms with van der Waals surface area (Å²) in [6.07, 6.45) is 1.78. The average molecular weight is 340 g/mol. The van der Waals surface area contributed by atoms with Crippen molar-refractivity contribution in [1.82, 2.24) is 9.97 Å². The second kappa shape index (κ2) is 5.91. The number of fused-ring (bicyclic) bond motifs is 1. The maximum absolute atomic E-state index is 14.5. The normalized spacial score (nSPS) is 22.6. The van der Waals surface area contributed by atoms with Crippen LogP contribution >= 0.6 is 0 Å². The van der Waals surface area contributed by atoms with Gasteiger partial charge in [-0.1, -0.05) is 25.1 Å². The Bertz CT molecular complexity index is 818. The molecule has 0 bridgehead atoms. The largest absolute Gasteiger partial charge is 0.352 e. The highest BCUT2D eigenvalue weighted by molar-refractivity contribution is 6.22. The van der Waals surface area contributed by atoms with E-state index in [2.05, 4.69) is 9.97 Å². The van der Waals surface area contributed by atoms with Gasteiger partial charge in [-0.2, -0.15) is 0 Å². The lowest BCUT2D eigenvalue weighted by molar-refractivity contribution is -0.122. The Labute approximate surface area is 144 Å². The number of hydrogen-bond donors (Lipinski definition) is 0. The van der Waals surface area contributed by atoms with E-state index in [-0.39, 0.29) is 30.7 Å². The first-order chi connectivity index (χ1) is 12.1. The van der Waals surface area contributed by atoms with Crippen molar-refractivity contribution in [3.05, 3.63) is 48.2 Å². The molecule has 2 amide bonds. The minimum absolute atomic E-state index is 0.174. The zero-order chi connectivity index (χ0) is 17.6. The van der Waals surface area contributed by atoms with Gasteiger partial charge in [0.1, 0.15) is 6.33 Å². The summed E-state index contributed by atoms with van der Waals surface area (Å²) in [5, 5.41) is 0. The highest BCUT2D eigenvalue weighted by Crippen LogP contribution is 2.38. The van der Waals surface area contributed by atoms with E-state index in [1.165, 1.54) is 11.2 Å².